The van der Waals surface area contributed by atoms with Gasteiger partial charge in [0, 0.05) is 6.07 Å². The van der Waals surface area contributed by atoms with E-state index in [1.165, 1.54) is 12.1 Å². The van der Waals surface area contributed by atoms with Crippen LogP contribution in [-0.2, 0) is 0 Å². The third kappa shape index (κ3) is 2.83. The number of benzene rings is 1. The number of rotatable bonds is 2. The van der Waals surface area contributed by atoms with Crippen molar-refractivity contribution in [1.82, 2.24) is 4.98 Å². The molecule has 2 rings (SSSR count). The van der Waals surface area contributed by atoms with E-state index in [2.05, 4.69) is 4.98 Å². The molecule has 7 heteroatoms. The molecule has 18 heavy (non-hydrogen) atoms. The van der Waals surface area contributed by atoms with Crippen LogP contribution >= 0.6 is 34.8 Å². The number of ether oxygens (including phenoxy) is 1. The van der Waals surface area contributed by atoms with Crippen molar-refractivity contribution in [3.63, 3.8) is 0 Å². The number of aromatic nitrogens is 1. The van der Waals surface area contributed by atoms with Crippen molar-refractivity contribution >= 4 is 34.8 Å². The van der Waals surface area contributed by atoms with Gasteiger partial charge in [-0.1, -0.05) is 34.8 Å². The van der Waals surface area contributed by atoms with Crippen molar-refractivity contribution in [3.05, 3.63) is 51.1 Å². The Morgan fingerprint density at radius 3 is 2.33 bits per heavy atom. The first-order chi connectivity index (χ1) is 8.47. The topological polar surface area (TPSA) is 22.1 Å². The predicted molar refractivity (Wildman–Crippen MR) is 65.7 cm³/mol. The van der Waals surface area contributed by atoms with Crippen LogP contribution in [0.2, 0.25) is 15.2 Å². The molecule has 0 aliphatic carbocycles. The van der Waals surface area contributed by atoms with E-state index in [4.69, 9.17) is 39.5 Å². The molecule has 0 aliphatic heterocycles. The lowest BCUT2D eigenvalue weighted by Gasteiger charge is -2.07. The summed E-state index contributed by atoms with van der Waals surface area (Å²) in [5.74, 6) is -2.02. The molecule has 0 unspecified atom stereocenters. The smallest absolute Gasteiger partial charge is 0.239 e. The van der Waals surface area contributed by atoms with E-state index in [1.807, 2.05) is 0 Å². The number of halogens is 5. The Hall–Kier alpha value is -1.10. The molecule has 2 aromatic rings. The first kappa shape index (κ1) is 13.3. The summed E-state index contributed by atoms with van der Waals surface area (Å²) in [4.78, 5) is 3.78. The summed E-state index contributed by atoms with van der Waals surface area (Å²) in [7, 11) is 0. The average Bonchev–Trinajstić information content (AvgIpc) is 2.31. The van der Waals surface area contributed by atoms with E-state index in [0.29, 0.717) is 0 Å². The van der Waals surface area contributed by atoms with Gasteiger partial charge < -0.3 is 4.74 Å². The predicted octanol–water partition coefficient (Wildman–Crippen LogP) is 5.11. The van der Waals surface area contributed by atoms with Gasteiger partial charge in [0.05, 0.1) is 5.02 Å². The summed E-state index contributed by atoms with van der Waals surface area (Å²) in [6, 6.07) is 4.37. The minimum atomic E-state index is -1.04. The summed E-state index contributed by atoms with van der Waals surface area (Å²) < 4.78 is 30.9. The number of pyridine rings is 1. The molecule has 0 aliphatic rings. The molecule has 0 spiro atoms. The zero-order valence-corrected chi connectivity index (χ0v) is 10.8. The van der Waals surface area contributed by atoms with E-state index in [9.17, 15) is 8.78 Å². The van der Waals surface area contributed by atoms with E-state index in [0.717, 1.165) is 12.1 Å². The van der Waals surface area contributed by atoms with Gasteiger partial charge in [0.25, 0.3) is 0 Å². The fraction of sp³-hybridized carbons (Fsp3) is 0. The van der Waals surface area contributed by atoms with Crippen LogP contribution in [-0.4, -0.2) is 4.98 Å². The molecule has 0 atom stereocenters. The second kappa shape index (κ2) is 5.26. The van der Waals surface area contributed by atoms with E-state index >= 15 is 0 Å². The third-order valence-electron chi connectivity index (χ3n) is 1.96. The van der Waals surface area contributed by atoms with Crippen LogP contribution in [0.4, 0.5) is 8.78 Å². The lowest BCUT2D eigenvalue weighted by Crippen LogP contribution is -1.92. The third-order valence-corrected chi connectivity index (χ3v) is 2.90. The zero-order valence-electron chi connectivity index (χ0n) is 8.55. The van der Waals surface area contributed by atoms with Crippen LogP contribution in [0.1, 0.15) is 0 Å². The molecule has 0 saturated heterocycles. The van der Waals surface area contributed by atoms with Crippen LogP contribution in [0.5, 0.6) is 11.6 Å². The summed E-state index contributed by atoms with van der Waals surface area (Å²) in [5, 5.41) is 0.270. The molecule has 0 saturated carbocycles. The molecule has 0 bridgehead atoms. The zero-order chi connectivity index (χ0) is 13.3. The largest absolute Gasteiger partial charge is 0.437 e. The van der Waals surface area contributed by atoms with Crippen molar-refractivity contribution in [2.45, 2.75) is 0 Å². The summed E-state index contributed by atoms with van der Waals surface area (Å²) in [6.07, 6.45) is 0. The van der Waals surface area contributed by atoms with E-state index < -0.39 is 11.6 Å². The Labute approximate surface area is 116 Å². The quantitative estimate of drug-likeness (QED) is 0.719. The Morgan fingerprint density at radius 1 is 0.944 bits per heavy atom. The second-order valence-electron chi connectivity index (χ2n) is 3.23. The molecule has 1 aromatic heterocycles. The van der Waals surface area contributed by atoms with Crippen molar-refractivity contribution < 1.29 is 13.5 Å². The Morgan fingerprint density at radius 2 is 1.67 bits per heavy atom. The minimum Gasteiger partial charge on any atom is -0.437 e. The molecule has 0 radical (unpaired) electrons. The molecule has 1 heterocycles. The van der Waals surface area contributed by atoms with Gasteiger partial charge >= 0.3 is 0 Å². The van der Waals surface area contributed by atoms with Gasteiger partial charge in [-0.25, -0.2) is 8.78 Å². The maximum Gasteiger partial charge on any atom is 0.239 e. The van der Waals surface area contributed by atoms with Crippen LogP contribution in [0.3, 0.4) is 0 Å². The standard InChI is InChI=1S/C11H4Cl3F2NO/c12-6-4-7(13)11(17-10(6)14)18-5-1-2-8(15)9(16)3-5/h1-4H. The molecular weight excluding hydrogens is 306 g/mol. The normalized spacial score (nSPS) is 10.5. The van der Waals surface area contributed by atoms with E-state index in [-0.39, 0.29) is 26.8 Å². The van der Waals surface area contributed by atoms with Gasteiger partial charge in [-0.05, 0) is 18.2 Å². The Bertz CT molecular complexity index is 607. The van der Waals surface area contributed by atoms with Gasteiger partial charge in [-0.15, -0.1) is 0 Å². The van der Waals surface area contributed by atoms with Crippen LogP contribution in [0, 0.1) is 11.6 Å². The van der Waals surface area contributed by atoms with Gasteiger partial charge in [0.2, 0.25) is 5.88 Å². The number of hydrogen-bond acceptors (Lipinski definition) is 2. The summed E-state index contributed by atoms with van der Waals surface area (Å²) in [6.45, 7) is 0. The first-order valence-corrected chi connectivity index (χ1v) is 5.75. The fourth-order valence-electron chi connectivity index (χ4n) is 1.15. The Balaban J connectivity index is 2.34. The van der Waals surface area contributed by atoms with Crippen LogP contribution in [0.25, 0.3) is 0 Å². The molecule has 2 nitrogen and oxygen atoms in total. The molecule has 0 amide bonds. The maximum atomic E-state index is 13.0. The SMILES string of the molecule is Fc1ccc(Oc2nc(Cl)c(Cl)cc2Cl)cc1F. The fourth-order valence-corrected chi connectivity index (χ4v) is 1.68. The average molecular weight is 311 g/mol. The van der Waals surface area contributed by atoms with Gasteiger partial charge in [0.1, 0.15) is 10.8 Å². The summed E-state index contributed by atoms with van der Waals surface area (Å²) in [5.41, 5.74) is 0. The van der Waals surface area contributed by atoms with E-state index in [1.54, 1.807) is 0 Å². The van der Waals surface area contributed by atoms with Crippen LogP contribution < -0.4 is 4.74 Å². The lowest BCUT2D eigenvalue weighted by molar-refractivity contribution is 0.448. The van der Waals surface area contributed by atoms with Gasteiger partial charge in [-0.2, -0.15) is 4.98 Å². The second-order valence-corrected chi connectivity index (χ2v) is 4.40. The highest BCUT2D eigenvalue weighted by molar-refractivity contribution is 6.42. The number of hydrogen-bond donors (Lipinski definition) is 0. The maximum absolute atomic E-state index is 13.0. The molecule has 0 N–H and O–H groups in total. The van der Waals surface area contributed by atoms with Crippen molar-refractivity contribution in [2.75, 3.05) is 0 Å². The molecule has 0 fully saturated rings. The molecule has 94 valence electrons. The first-order valence-electron chi connectivity index (χ1n) is 4.62. The van der Waals surface area contributed by atoms with Gasteiger partial charge in [0.15, 0.2) is 16.8 Å². The molecular formula is C11H4Cl3F2NO. The van der Waals surface area contributed by atoms with Crippen molar-refractivity contribution in [1.29, 1.82) is 0 Å². The van der Waals surface area contributed by atoms with Crippen molar-refractivity contribution in [3.8, 4) is 11.6 Å². The van der Waals surface area contributed by atoms with Crippen molar-refractivity contribution in [2.24, 2.45) is 0 Å². The summed E-state index contributed by atoms with van der Waals surface area (Å²) >= 11 is 17.2. The minimum absolute atomic E-state index is 0.00125. The highest BCUT2D eigenvalue weighted by Gasteiger charge is 2.11. The highest BCUT2D eigenvalue weighted by atomic mass is 35.5. The van der Waals surface area contributed by atoms with Crippen LogP contribution in [0.15, 0.2) is 24.3 Å². The highest BCUT2D eigenvalue weighted by Crippen LogP contribution is 2.33. The lowest BCUT2D eigenvalue weighted by atomic mass is 10.3. The monoisotopic (exact) mass is 309 g/mol. The molecule has 1 aromatic carbocycles. The Kier molecular flexibility index (Phi) is 3.90. The number of nitrogens with zero attached hydrogens (tertiary/aromatic N) is 1. The van der Waals surface area contributed by atoms with Gasteiger partial charge in [-0.3, -0.25) is 0 Å².